The molecule has 0 atom stereocenters. The molecule has 0 aromatic carbocycles. The lowest BCUT2D eigenvalue weighted by Crippen LogP contribution is -2.20. The summed E-state index contributed by atoms with van der Waals surface area (Å²) in [6.07, 6.45) is -0.457. The van der Waals surface area contributed by atoms with E-state index in [1.165, 1.54) is 12.4 Å². The number of alkyl halides is 3. The molecule has 21 heavy (non-hydrogen) atoms. The fourth-order valence-corrected chi connectivity index (χ4v) is 1.56. The summed E-state index contributed by atoms with van der Waals surface area (Å²) in [7, 11) is 1.74. The number of aromatic nitrogens is 4. The number of imidazole rings is 1. The van der Waals surface area contributed by atoms with Gasteiger partial charge >= 0.3 is 6.18 Å². The molecule has 0 saturated carbocycles. The van der Waals surface area contributed by atoms with Gasteiger partial charge in [-0.05, 0) is 0 Å². The van der Waals surface area contributed by atoms with Crippen molar-refractivity contribution >= 4 is 17.4 Å². The monoisotopic (exact) mass is 321 g/mol. The first-order valence-corrected chi connectivity index (χ1v) is 6.14. The second-order valence-electron chi connectivity index (χ2n) is 4.06. The molecule has 2 rings (SSSR count). The normalized spacial score (nSPS) is 11.5. The van der Waals surface area contributed by atoms with Gasteiger partial charge in [0, 0.05) is 7.05 Å². The molecule has 0 spiro atoms. The summed E-state index contributed by atoms with van der Waals surface area (Å²) in [5, 5.41) is 3.35. The Labute approximate surface area is 122 Å². The molecule has 0 aliphatic rings. The lowest BCUT2D eigenvalue weighted by atomic mass is 10.5. The van der Waals surface area contributed by atoms with Crippen LogP contribution in [0.2, 0.25) is 5.15 Å². The van der Waals surface area contributed by atoms with Crippen molar-refractivity contribution in [1.29, 1.82) is 0 Å². The molecule has 2 heterocycles. The average molecular weight is 322 g/mol. The van der Waals surface area contributed by atoms with E-state index in [9.17, 15) is 13.2 Å². The summed E-state index contributed by atoms with van der Waals surface area (Å²) in [4.78, 5) is 11.7. The van der Waals surface area contributed by atoms with Crippen molar-refractivity contribution in [2.45, 2.75) is 12.7 Å². The predicted molar refractivity (Wildman–Crippen MR) is 69.1 cm³/mol. The van der Waals surface area contributed by atoms with E-state index in [1.54, 1.807) is 11.6 Å². The number of hydrogen-bond donors (Lipinski definition) is 1. The van der Waals surface area contributed by atoms with Crippen LogP contribution in [0.4, 0.5) is 19.0 Å². The summed E-state index contributed by atoms with van der Waals surface area (Å²) in [6, 6.07) is 0. The summed E-state index contributed by atoms with van der Waals surface area (Å²) in [6.45, 7) is -1.12. The van der Waals surface area contributed by atoms with Crippen LogP contribution in [0.5, 0.6) is 5.88 Å². The minimum Gasteiger partial charge on any atom is -0.467 e. The maximum absolute atomic E-state index is 12.0. The zero-order valence-electron chi connectivity index (χ0n) is 10.9. The first-order chi connectivity index (χ1) is 9.85. The highest BCUT2D eigenvalue weighted by molar-refractivity contribution is 6.29. The minimum atomic E-state index is -4.42. The number of halogens is 4. The number of nitrogens with zero attached hydrogens (tertiary/aromatic N) is 4. The topological polar surface area (TPSA) is 64.9 Å². The first-order valence-electron chi connectivity index (χ1n) is 5.77. The predicted octanol–water partition coefficient (Wildman–Crippen LogP) is 2.42. The summed E-state index contributed by atoms with van der Waals surface area (Å²) in [5.74, 6) is 0.701. The maximum atomic E-state index is 12.0. The van der Waals surface area contributed by atoms with Gasteiger partial charge in [0.15, 0.2) is 6.61 Å². The van der Waals surface area contributed by atoms with Crippen molar-refractivity contribution in [3.63, 3.8) is 0 Å². The van der Waals surface area contributed by atoms with E-state index in [0.29, 0.717) is 17.5 Å². The van der Waals surface area contributed by atoms with E-state index in [2.05, 4.69) is 25.0 Å². The zero-order valence-corrected chi connectivity index (χ0v) is 11.6. The lowest BCUT2D eigenvalue weighted by molar-refractivity contribution is -0.154. The van der Waals surface area contributed by atoms with Gasteiger partial charge in [-0.15, -0.1) is 0 Å². The van der Waals surface area contributed by atoms with Crippen LogP contribution in [-0.2, 0) is 13.6 Å². The highest BCUT2D eigenvalue weighted by atomic mass is 35.5. The third-order valence-electron chi connectivity index (χ3n) is 2.45. The smallest absolute Gasteiger partial charge is 0.422 e. The Morgan fingerprint density at radius 1 is 1.33 bits per heavy atom. The molecule has 2 aromatic heterocycles. The van der Waals surface area contributed by atoms with E-state index < -0.39 is 12.8 Å². The number of ether oxygens (including phenoxy) is 1. The average Bonchev–Trinajstić information content (AvgIpc) is 2.74. The summed E-state index contributed by atoms with van der Waals surface area (Å²) in [5.41, 5.74) is 0. The fraction of sp³-hybridized carbons (Fsp3) is 0.364. The number of rotatable bonds is 5. The Morgan fingerprint density at radius 3 is 2.71 bits per heavy atom. The molecular formula is C11H11ClF3N5O. The SMILES string of the molecule is Cn1c(Cl)cnc1CNc1cncc(OCC(F)(F)F)n1. The van der Waals surface area contributed by atoms with E-state index in [1.807, 2.05) is 0 Å². The fourth-order valence-electron chi connectivity index (χ4n) is 1.42. The van der Waals surface area contributed by atoms with Crippen LogP contribution in [0.1, 0.15) is 5.82 Å². The van der Waals surface area contributed by atoms with Gasteiger partial charge in [0.2, 0.25) is 5.88 Å². The maximum Gasteiger partial charge on any atom is 0.422 e. The Hall–Kier alpha value is -2.03. The van der Waals surface area contributed by atoms with Crippen LogP contribution in [0.3, 0.4) is 0 Å². The zero-order chi connectivity index (χ0) is 15.5. The van der Waals surface area contributed by atoms with Crippen LogP contribution in [0, 0.1) is 0 Å². The standard InChI is InChI=1S/C11H11ClF3N5O/c1-20-7(12)2-18-9(20)4-17-8-3-16-5-10(19-8)21-6-11(13,14)15/h2-3,5H,4,6H2,1H3,(H,17,19). The number of anilines is 1. The lowest BCUT2D eigenvalue weighted by Gasteiger charge is -2.10. The molecule has 0 aliphatic heterocycles. The highest BCUT2D eigenvalue weighted by Crippen LogP contribution is 2.17. The highest BCUT2D eigenvalue weighted by Gasteiger charge is 2.28. The van der Waals surface area contributed by atoms with Crippen molar-refractivity contribution < 1.29 is 17.9 Å². The van der Waals surface area contributed by atoms with Crippen LogP contribution < -0.4 is 10.1 Å². The van der Waals surface area contributed by atoms with Crippen molar-refractivity contribution in [1.82, 2.24) is 19.5 Å². The van der Waals surface area contributed by atoms with Gasteiger partial charge in [0.05, 0.1) is 25.1 Å². The third kappa shape index (κ3) is 4.48. The van der Waals surface area contributed by atoms with Gasteiger partial charge in [-0.2, -0.15) is 18.2 Å². The van der Waals surface area contributed by atoms with Crippen molar-refractivity contribution in [3.05, 3.63) is 29.6 Å². The summed E-state index contributed by atoms with van der Waals surface area (Å²) < 4.78 is 42.3. The second-order valence-corrected chi connectivity index (χ2v) is 4.44. The molecule has 0 saturated heterocycles. The minimum absolute atomic E-state index is 0.213. The van der Waals surface area contributed by atoms with Crippen LogP contribution >= 0.6 is 11.6 Å². The van der Waals surface area contributed by atoms with E-state index >= 15 is 0 Å². The molecule has 10 heteroatoms. The van der Waals surface area contributed by atoms with E-state index in [4.69, 9.17) is 11.6 Å². The Balaban J connectivity index is 1.96. The van der Waals surface area contributed by atoms with Crippen LogP contribution in [-0.4, -0.2) is 32.3 Å². The van der Waals surface area contributed by atoms with Crippen LogP contribution in [0.15, 0.2) is 18.6 Å². The first kappa shape index (κ1) is 15.4. The molecule has 114 valence electrons. The van der Waals surface area contributed by atoms with Gasteiger partial charge in [-0.1, -0.05) is 11.6 Å². The largest absolute Gasteiger partial charge is 0.467 e. The second kappa shape index (κ2) is 6.17. The molecule has 0 fully saturated rings. The van der Waals surface area contributed by atoms with Gasteiger partial charge in [-0.25, -0.2) is 4.98 Å². The number of nitrogens with one attached hydrogen (secondary N) is 1. The Morgan fingerprint density at radius 2 is 2.10 bits per heavy atom. The molecule has 6 nitrogen and oxygen atoms in total. The molecular weight excluding hydrogens is 311 g/mol. The summed E-state index contributed by atoms with van der Waals surface area (Å²) >= 11 is 5.84. The molecule has 0 bridgehead atoms. The quantitative estimate of drug-likeness (QED) is 0.916. The molecule has 0 radical (unpaired) electrons. The molecule has 0 amide bonds. The molecule has 0 unspecified atom stereocenters. The molecule has 0 aliphatic carbocycles. The Kier molecular flexibility index (Phi) is 4.51. The third-order valence-corrected chi connectivity index (χ3v) is 2.80. The van der Waals surface area contributed by atoms with Gasteiger partial charge in [-0.3, -0.25) is 4.98 Å². The van der Waals surface area contributed by atoms with Gasteiger partial charge in [0.1, 0.15) is 16.8 Å². The van der Waals surface area contributed by atoms with Crippen molar-refractivity contribution in [2.75, 3.05) is 11.9 Å². The van der Waals surface area contributed by atoms with Gasteiger partial charge in [0.25, 0.3) is 0 Å². The van der Waals surface area contributed by atoms with Crippen molar-refractivity contribution in [3.8, 4) is 5.88 Å². The van der Waals surface area contributed by atoms with Crippen LogP contribution in [0.25, 0.3) is 0 Å². The van der Waals surface area contributed by atoms with Crippen molar-refractivity contribution in [2.24, 2.45) is 7.05 Å². The molecule has 1 N–H and O–H groups in total. The number of hydrogen-bond acceptors (Lipinski definition) is 5. The van der Waals surface area contributed by atoms with Gasteiger partial charge < -0.3 is 14.6 Å². The van der Waals surface area contributed by atoms with E-state index in [-0.39, 0.29) is 11.7 Å². The molecule has 2 aromatic rings. The van der Waals surface area contributed by atoms with E-state index in [0.717, 1.165) is 6.20 Å². The Bertz CT molecular complexity index is 616.